The van der Waals surface area contributed by atoms with Crippen molar-refractivity contribution in [3.05, 3.63) is 67.1 Å². The van der Waals surface area contributed by atoms with Crippen molar-refractivity contribution in [2.45, 2.75) is 0 Å². The highest BCUT2D eigenvalue weighted by Gasteiger charge is 2.13. The van der Waals surface area contributed by atoms with Gasteiger partial charge in [-0.1, -0.05) is 18.2 Å². The van der Waals surface area contributed by atoms with Gasteiger partial charge >= 0.3 is 0 Å². The molecule has 7 heteroatoms. The minimum atomic E-state index is 0.742. The lowest BCUT2D eigenvalue weighted by molar-refractivity contribution is 0.122. The SMILES string of the molecule is c1ccc(-n2ncc3c(Nc4ccc(N5CCOCC5)cc4)ncnc32)cc1. The van der Waals surface area contributed by atoms with E-state index in [0.29, 0.717) is 0 Å². The van der Waals surface area contributed by atoms with Crippen LogP contribution >= 0.6 is 0 Å². The normalized spacial score (nSPS) is 14.4. The van der Waals surface area contributed by atoms with Crippen molar-refractivity contribution < 1.29 is 4.74 Å². The molecule has 0 bridgehead atoms. The third-order valence-electron chi connectivity index (χ3n) is 4.87. The lowest BCUT2D eigenvalue weighted by atomic mass is 10.2. The molecule has 2 aromatic carbocycles. The molecule has 0 unspecified atom stereocenters. The Morgan fingerprint density at radius 1 is 0.857 bits per heavy atom. The van der Waals surface area contributed by atoms with Crippen LogP contribution in [0.4, 0.5) is 17.2 Å². The molecule has 1 N–H and O–H groups in total. The molecule has 28 heavy (non-hydrogen) atoms. The minimum absolute atomic E-state index is 0.742. The van der Waals surface area contributed by atoms with Gasteiger partial charge < -0.3 is 15.0 Å². The van der Waals surface area contributed by atoms with Gasteiger partial charge in [0.15, 0.2) is 5.65 Å². The zero-order valence-corrected chi connectivity index (χ0v) is 15.3. The Hall–Kier alpha value is -3.45. The van der Waals surface area contributed by atoms with Crippen molar-refractivity contribution in [1.29, 1.82) is 0 Å². The zero-order chi connectivity index (χ0) is 18.8. The smallest absolute Gasteiger partial charge is 0.168 e. The third-order valence-corrected chi connectivity index (χ3v) is 4.87. The van der Waals surface area contributed by atoms with Gasteiger partial charge in [0, 0.05) is 24.5 Å². The molecule has 3 heterocycles. The standard InChI is InChI=1S/C21H20N6O/c1-2-4-18(5-3-1)27-21-19(14-24-27)20(22-15-23-21)25-16-6-8-17(9-7-16)26-10-12-28-13-11-26/h1-9,14-15H,10-13H2,(H,22,23,25). The molecular formula is C21H20N6O. The maximum Gasteiger partial charge on any atom is 0.168 e. The van der Waals surface area contributed by atoms with E-state index < -0.39 is 0 Å². The van der Waals surface area contributed by atoms with Crippen LogP contribution in [0.5, 0.6) is 0 Å². The second kappa shape index (κ2) is 7.28. The summed E-state index contributed by atoms with van der Waals surface area (Å²) in [7, 11) is 0. The molecule has 1 fully saturated rings. The number of nitrogens with zero attached hydrogens (tertiary/aromatic N) is 5. The summed E-state index contributed by atoms with van der Waals surface area (Å²) < 4.78 is 7.25. The van der Waals surface area contributed by atoms with Gasteiger partial charge in [0.2, 0.25) is 0 Å². The second-order valence-electron chi connectivity index (χ2n) is 6.62. The van der Waals surface area contributed by atoms with Gasteiger partial charge in [0.25, 0.3) is 0 Å². The molecule has 140 valence electrons. The van der Waals surface area contributed by atoms with Crippen molar-refractivity contribution >= 4 is 28.2 Å². The van der Waals surface area contributed by atoms with Gasteiger partial charge in [0.05, 0.1) is 30.5 Å². The van der Waals surface area contributed by atoms with Crippen molar-refractivity contribution in [3.63, 3.8) is 0 Å². The predicted molar refractivity (Wildman–Crippen MR) is 109 cm³/mol. The number of benzene rings is 2. The quantitative estimate of drug-likeness (QED) is 0.592. The maximum absolute atomic E-state index is 5.42. The van der Waals surface area contributed by atoms with Gasteiger partial charge in [-0.25, -0.2) is 14.6 Å². The van der Waals surface area contributed by atoms with Crippen LogP contribution in [-0.4, -0.2) is 46.1 Å². The lowest BCUT2D eigenvalue weighted by Crippen LogP contribution is -2.36. The second-order valence-corrected chi connectivity index (χ2v) is 6.62. The van der Waals surface area contributed by atoms with Gasteiger partial charge in [-0.3, -0.25) is 0 Å². The number of rotatable bonds is 4. The first-order valence-corrected chi connectivity index (χ1v) is 9.32. The number of morpholine rings is 1. The van der Waals surface area contributed by atoms with Gasteiger partial charge in [-0.2, -0.15) is 5.10 Å². The van der Waals surface area contributed by atoms with Gasteiger partial charge in [-0.15, -0.1) is 0 Å². The fraction of sp³-hybridized carbons (Fsp3) is 0.190. The first-order chi connectivity index (χ1) is 13.9. The molecule has 0 radical (unpaired) electrons. The summed E-state index contributed by atoms with van der Waals surface area (Å²) in [6.07, 6.45) is 3.36. The summed E-state index contributed by atoms with van der Waals surface area (Å²) in [5, 5.41) is 8.77. The molecule has 0 amide bonds. The number of para-hydroxylation sites is 1. The third kappa shape index (κ3) is 3.16. The van der Waals surface area contributed by atoms with Crippen LogP contribution in [0.2, 0.25) is 0 Å². The van der Waals surface area contributed by atoms with Crippen LogP contribution in [0.25, 0.3) is 16.7 Å². The first-order valence-electron chi connectivity index (χ1n) is 9.32. The highest BCUT2D eigenvalue weighted by Crippen LogP contribution is 2.26. The Balaban J connectivity index is 1.42. The average molecular weight is 372 g/mol. The molecule has 1 saturated heterocycles. The van der Waals surface area contributed by atoms with Crippen molar-refractivity contribution in [2.75, 3.05) is 36.5 Å². The zero-order valence-electron chi connectivity index (χ0n) is 15.3. The predicted octanol–water partition coefficient (Wildman–Crippen LogP) is 3.40. The van der Waals surface area contributed by atoms with Crippen LogP contribution in [0.1, 0.15) is 0 Å². The Labute approximate surface area is 162 Å². The highest BCUT2D eigenvalue weighted by molar-refractivity contribution is 5.89. The van der Waals surface area contributed by atoms with Crippen molar-refractivity contribution in [3.8, 4) is 5.69 Å². The van der Waals surface area contributed by atoms with Crippen LogP contribution in [0, 0.1) is 0 Å². The summed E-state index contributed by atoms with van der Waals surface area (Å²) in [4.78, 5) is 11.2. The largest absolute Gasteiger partial charge is 0.378 e. The van der Waals surface area contributed by atoms with Gasteiger partial charge in [-0.05, 0) is 36.4 Å². The van der Waals surface area contributed by atoms with E-state index in [0.717, 1.165) is 54.5 Å². The number of fused-ring (bicyclic) bond motifs is 1. The molecule has 5 rings (SSSR count). The minimum Gasteiger partial charge on any atom is -0.378 e. The van der Waals surface area contributed by atoms with E-state index in [9.17, 15) is 0 Å². The van der Waals surface area contributed by atoms with Crippen LogP contribution in [-0.2, 0) is 4.74 Å². The fourth-order valence-corrected chi connectivity index (χ4v) is 3.42. The van der Waals surface area contributed by atoms with E-state index in [1.165, 1.54) is 5.69 Å². The number of hydrogen-bond donors (Lipinski definition) is 1. The Kier molecular flexibility index (Phi) is 4.34. The van der Waals surface area contributed by atoms with Crippen LogP contribution in [0.3, 0.4) is 0 Å². The average Bonchev–Trinajstić information content (AvgIpc) is 3.21. The number of ether oxygens (including phenoxy) is 1. The van der Waals surface area contributed by atoms with Gasteiger partial charge in [0.1, 0.15) is 12.1 Å². The van der Waals surface area contributed by atoms with E-state index in [2.05, 4.69) is 49.5 Å². The summed E-state index contributed by atoms with van der Waals surface area (Å²) in [5.74, 6) is 0.742. The van der Waals surface area contributed by atoms with E-state index >= 15 is 0 Å². The molecule has 7 nitrogen and oxygen atoms in total. The summed E-state index contributed by atoms with van der Waals surface area (Å²) >= 11 is 0. The molecule has 0 saturated carbocycles. The number of aromatic nitrogens is 4. The summed E-state index contributed by atoms with van der Waals surface area (Å²) in [5.41, 5.74) is 3.92. The fourth-order valence-electron chi connectivity index (χ4n) is 3.42. The van der Waals surface area contributed by atoms with E-state index in [4.69, 9.17) is 4.74 Å². The van der Waals surface area contributed by atoms with Crippen LogP contribution in [0.15, 0.2) is 67.1 Å². The number of anilines is 3. The van der Waals surface area contributed by atoms with E-state index in [1.54, 1.807) is 12.5 Å². The highest BCUT2D eigenvalue weighted by atomic mass is 16.5. The van der Waals surface area contributed by atoms with Crippen molar-refractivity contribution in [2.24, 2.45) is 0 Å². The van der Waals surface area contributed by atoms with E-state index in [-0.39, 0.29) is 0 Å². The Morgan fingerprint density at radius 2 is 1.64 bits per heavy atom. The summed E-state index contributed by atoms with van der Waals surface area (Å²) in [6.45, 7) is 3.42. The molecule has 1 aliphatic rings. The monoisotopic (exact) mass is 372 g/mol. The maximum atomic E-state index is 5.42. The molecule has 0 atom stereocenters. The molecule has 0 spiro atoms. The Bertz CT molecular complexity index is 1070. The number of nitrogens with one attached hydrogen (secondary N) is 1. The topological polar surface area (TPSA) is 68.1 Å². The molecular weight excluding hydrogens is 352 g/mol. The lowest BCUT2D eigenvalue weighted by Gasteiger charge is -2.28. The Morgan fingerprint density at radius 3 is 2.43 bits per heavy atom. The van der Waals surface area contributed by atoms with Crippen molar-refractivity contribution in [1.82, 2.24) is 19.7 Å². The van der Waals surface area contributed by atoms with Crippen LogP contribution < -0.4 is 10.2 Å². The first kappa shape index (κ1) is 16.7. The molecule has 2 aromatic heterocycles. The molecule has 0 aliphatic carbocycles. The van der Waals surface area contributed by atoms with E-state index in [1.807, 2.05) is 35.0 Å². The molecule has 4 aromatic rings. The number of hydrogen-bond acceptors (Lipinski definition) is 6. The molecule has 1 aliphatic heterocycles. The summed E-state index contributed by atoms with van der Waals surface area (Å²) in [6, 6.07) is 18.4.